The zero-order valence-electron chi connectivity index (χ0n) is 13.5. The Morgan fingerprint density at radius 1 is 1.32 bits per heavy atom. The summed E-state index contributed by atoms with van der Waals surface area (Å²) in [4.78, 5) is 12.7. The molecule has 3 rings (SSSR count). The quantitative estimate of drug-likeness (QED) is 0.658. The Hall–Kier alpha value is -2.06. The molecule has 0 radical (unpaired) electrons. The van der Waals surface area contributed by atoms with E-state index in [0.717, 1.165) is 34.7 Å². The lowest BCUT2D eigenvalue weighted by Gasteiger charge is -2.05. The Labute approximate surface area is 150 Å². The zero-order valence-corrected chi connectivity index (χ0v) is 15.0. The molecule has 3 aromatic rings. The number of alkyl halides is 3. The monoisotopic (exact) mass is 387 g/mol. The second-order valence-electron chi connectivity index (χ2n) is 5.59. The van der Waals surface area contributed by atoms with Crippen LogP contribution in [0.2, 0.25) is 5.02 Å². The molecule has 2 heterocycles. The van der Waals surface area contributed by atoms with Gasteiger partial charge in [-0.1, -0.05) is 17.7 Å². The number of fused-ring (bicyclic) bond motifs is 1. The lowest BCUT2D eigenvalue weighted by molar-refractivity contribution is -0.137. The van der Waals surface area contributed by atoms with Gasteiger partial charge in [0.1, 0.15) is 10.7 Å². The number of amides is 1. The van der Waals surface area contributed by atoms with Gasteiger partial charge in [0.25, 0.3) is 5.91 Å². The lowest BCUT2D eigenvalue weighted by Crippen LogP contribution is -2.14. The summed E-state index contributed by atoms with van der Waals surface area (Å²) in [5, 5.41) is 7.50. The Balaban J connectivity index is 2.00. The van der Waals surface area contributed by atoms with Crippen molar-refractivity contribution in [3.05, 3.63) is 44.9 Å². The van der Waals surface area contributed by atoms with Crippen LogP contribution in [0.3, 0.4) is 0 Å². The van der Waals surface area contributed by atoms with Crippen LogP contribution in [0.15, 0.2) is 18.2 Å². The van der Waals surface area contributed by atoms with Gasteiger partial charge in [0.05, 0.1) is 16.3 Å². The lowest BCUT2D eigenvalue weighted by atomic mass is 10.1. The molecule has 0 fully saturated rings. The van der Waals surface area contributed by atoms with Crippen molar-refractivity contribution < 1.29 is 18.0 Å². The van der Waals surface area contributed by atoms with Crippen molar-refractivity contribution in [3.63, 3.8) is 0 Å². The Kier molecular flexibility index (Phi) is 4.28. The third kappa shape index (κ3) is 3.11. The van der Waals surface area contributed by atoms with Crippen LogP contribution in [-0.4, -0.2) is 15.7 Å². The second-order valence-corrected chi connectivity index (χ2v) is 7.02. The smallest absolute Gasteiger partial charge is 0.306 e. The summed E-state index contributed by atoms with van der Waals surface area (Å²) in [6.07, 6.45) is -4.45. The Bertz CT molecular complexity index is 991. The number of thiophene rings is 1. The van der Waals surface area contributed by atoms with E-state index in [2.05, 4.69) is 10.4 Å². The van der Waals surface area contributed by atoms with Gasteiger partial charge in [0.2, 0.25) is 0 Å². The summed E-state index contributed by atoms with van der Waals surface area (Å²) in [7, 11) is 1.69. The van der Waals surface area contributed by atoms with Gasteiger partial charge >= 0.3 is 6.18 Å². The predicted octanol–water partition coefficient (Wildman–Crippen LogP) is 5.18. The van der Waals surface area contributed by atoms with Crippen LogP contribution in [-0.2, 0) is 13.2 Å². The molecule has 132 valence electrons. The average molecular weight is 388 g/mol. The molecule has 2 aromatic heterocycles. The summed E-state index contributed by atoms with van der Waals surface area (Å²) in [6, 6.07) is 3.24. The SMILES string of the molecule is Cc1nn(C)c(NC(=O)c2sc3cc(C(F)(F)F)ccc3c2Cl)c1C. The molecule has 25 heavy (non-hydrogen) atoms. The van der Waals surface area contributed by atoms with Crippen molar-refractivity contribution in [2.75, 3.05) is 5.32 Å². The van der Waals surface area contributed by atoms with E-state index in [-0.39, 0.29) is 9.90 Å². The van der Waals surface area contributed by atoms with E-state index in [0.29, 0.717) is 15.9 Å². The molecule has 0 aliphatic carbocycles. The van der Waals surface area contributed by atoms with Crippen molar-refractivity contribution in [1.82, 2.24) is 9.78 Å². The molecule has 0 aliphatic rings. The number of benzene rings is 1. The number of carbonyl (C=O) groups excluding carboxylic acids is 1. The predicted molar refractivity (Wildman–Crippen MR) is 92.5 cm³/mol. The van der Waals surface area contributed by atoms with E-state index in [1.54, 1.807) is 7.05 Å². The van der Waals surface area contributed by atoms with Crippen molar-refractivity contribution in [1.29, 1.82) is 0 Å². The zero-order chi connectivity index (χ0) is 18.5. The molecule has 4 nitrogen and oxygen atoms in total. The molecule has 0 atom stereocenters. The number of aromatic nitrogens is 2. The Morgan fingerprint density at radius 3 is 2.56 bits per heavy atom. The van der Waals surface area contributed by atoms with Crippen molar-refractivity contribution >= 4 is 44.7 Å². The summed E-state index contributed by atoms with van der Waals surface area (Å²) in [5.74, 6) is 0.0397. The number of carbonyl (C=O) groups is 1. The molecule has 0 bridgehead atoms. The average Bonchev–Trinajstić information content (AvgIpc) is 2.98. The number of nitrogens with zero attached hydrogens (tertiary/aromatic N) is 2. The van der Waals surface area contributed by atoms with E-state index in [4.69, 9.17) is 11.6 Å². The summed E-state index contributed by atoms with van der Waals surface area (Å²) >= 11 is 7.14. The van der Waals surface area contributed by atoms with Gasteiger partial charge in [-0.15, -0.1) is 11.3 Å². The van der Waals surface area contributed by atoms with Crippen molar-refractivity contribution in [3.8, 4) is 0 Å². The molecule has 9 heteroatoms. The fraction of sp³-hybridized carbons (Fsp3) is 0.250. The van der Waals surface area contributed by atoms with Crippen LogP contribution in [0.5, 0.6) is 0 Å². The molecular weight excluding hydrogens is 375 g/mol. The maximum atomic E-state index is 12.8. The largest absolute Gasteiger partial charge is 0.416 e. The van der Waals surface area contributed by atoms with Gasteiger partial charge in [0, 0.05) is 22.7 Å². The number of rotatable bonds is 2. The van der Waals surface area contributed by atoms with Crippen LogP contribution < -0.4 is 5.32 Å². The molecule has 1 aromatic carbocycles. The fourth-order valence-corrected chi connectivity index (χ4v) is 3.94. The number of nitrogens with one attached hydrogen (secondary N) is 1. The minimum Gasteiger partial charge on any atom is -0.306 e. The second kappa shape index (κ2) is 6.03. The van der Waals surface area contributed by atoms with Crippen LogP contribution in [0.25, 0.3) is 10.1 Å². The standard InChI is InChI=1S/C16H13ClF3N3OS/c1-7-8(2)22-23(3)14(7)21-15(24)13-12(17)10-5-4-9(16(18,19)20)6-11(10)25-13/h4-6H,1-3H3,(H,21,24). The molecule has 1 amide bonds. The van der Waals surface area contributed by atoms with Gasteiger partial charge in [-0.05, 0) is 26.0 Å². The van der Waals surface area contributed by atoms with Crippen molar-refractivity contribution in [2.45, 2.75) is 20.0 Å². The van der Waals surface area contributed by atoms with E-state index >= 15 is 0 Å². The van der Waals surface area contributed by atoms with Gasteiger partial charge in [-0.3, -0.25) is 9.48 Å². The molecule has 1 N–H and O–H groups in total. The number of hydrogen-bond acceptors (Lipinski definition) is 3. The van der Waals surface area contributed by atoms with E-state index in [9.17, 15) is 18.0 Å². The Morgan fingerprint density at radius 2 is 2.00 bits per heavy atom. The third-order valence-corrected chi connectivity index (χ3v) is 5.57. The maximum absolute atomic E-state index is 12.8. The summed E-state index contributed by atoms with van der Waals surface area (Å²) < 4.78 is 40.4. The highest BCUT2D eigenvalue weighted by Gasteiger charge is 2.31. The van der Waals surface area contributed by atoms with Gasteiger partial charge in [0.15, 0.2) is 0 Å². The number of hydrogen-bond donors (Lipinski definition) is 1. The molecule has 0 unspecified atom stereocenters. The molecule has 0 saturated heterocycles. The van der Waals surface area contributed by atoms with Crippen LogP contribution >= 0.6 is 22.9 Å². The normalized spacial score (nSPS) is 12.0. The van der Waals surface area contributed by atoms with Gasteiger partial charge < -0.3 is 5.32 Å². The first-order chi connectivity index (χ1) is 11.6. The first-order valence-electron chi connectivity index (χ1n) is 7.20. The van der Waals surface area contributed by atoms with Crippen LogP contribution in [0, 0.1) is 13.8 Å². The highest BCUT2D eigenvalue weighted by atomic mass is 35.5. The molecule has 0 spiro atoms. The number of aryl methyl sites for hydroxylation is 2. The van der Waals surface area contributed by atoms with Crippen LogP contribution in [0.1, 0.15) is 26.5 Å². The summed E-state index contributed by atoms with van der Waals surface area (Å²) in [5.41, 5.74) is 0.811. The molecular formula is C16H13ClF3N3OS. The minimum atomic E-state index is -4.45. The van der Waals surface area contributed by atoms with E-state index < -0.39 is 17.6 Å². The minimum absolute atomic E-state index is 0.141. The van der Waals surface area contributed by atoms with Crippen molar-refractivity contribution in [2.24, 2.45) is 7.05 Å². The van der Waals surface area contributed by atoms with Crippen LogP contribution in [0.4, 0.5) is 19.0 Å². The first-order valence-corrected chi connectivity index (χ1v) is 8.40. The number of anilines is 1. The van der Waals surface area contributed by atoms with E-state index in [1.165, 1.54) is 10.7 Å². The number of halogens is 4. The highest BCUT2D eigenvalue weighted by Crippen LogP contribution is 2.39. The maximum Gasteiger partial charge on any atom is 0.416 e. The van der Waals surface area contributed by atoms with E-state index in [1.807, 2.05) is 13.8 Å². The van der Waals surface area contributed by atoms with Gasteiger partial charge in [-0.25, -0.2) is 0 Å². The van der Waals surface area contributed by atoms with Gasteiger partial charge in [-0.2, -0.15) is 18.3 Å². The topological polar surface area (TPSA) is 46.9 Å². The first kappa shape index (κ1) is 17.8. The molecule has 0 aliphatic heterocycles. The molecule has 0 saturated carbocycles. The summed E-state index contributed by atoms with van der Waals surface area (Å²) in [6.45, 7) is 3.64. The third-order valence-electron chi connectivity index (χ3n) is 3.92. The highest BCUT2D eigenvalue weighted by molar-refractivity contribution is 7.21. The fourth-order valence-electron chi connectivity index (χ4n) is 2.49.